The first-order valence-electron chi connectivity index (χ1n) is 9.30. The minimum Gasteiger partial charge on any atom is -0.461 e. The quantitative estimate of drug-likeness (QED) is 0.532. The molecule has 0 aromatic heterocycles. The van der Waals surface area contributed by atoms with E-state index in [1.165, 1.54) is 12.1 Å². The van der Waals surface area contributed by atoms with Crippen molar-refractivity contribution in [3.05, 3.63) is 93.2 Å². The van der Waals surface area contributed by atoms with Crippen LogP contribution in [0.3, 0.4) is 0 Å². The predicted molar refractivity (Wildman–Crippen MR) is 106 cm³/mol. The van der Waals surface area contributed by atoms with Crippen LogP contribution in [0.15, 0.2) is 72.0 Å². The molecule has 2 aliphatic rings. The summed E-state index contributed by atoms with van der Waals surface area (Å²) in [4.78, 5) is 23.5. The maximum Gasteiger partial charge on any atom is 0.269 e. The van der Waals surface area contributed by atoms with E-state index in [1.807, 2.05) is 36.4 Å². The number of nitrogens with zero attached hydrogens (tertiary/aromatic N) is 1. The number of hydrogen-bond donors (Lipinski definition) is 0. The molecule has 2 aromatic rings. The van der Waals surface area contributed by atoms with Gasteiger partial charge in [0.25, 0.3) is 5.69 Å². The summed E-state index contributed by atoms with van der Waals surface area (Å²) in [5.74, 6) is 1.29. The Morgan fingerprint density at radius 3 is 2.36 bits per heavy atom. The largest absolute Gasteiger partial charge is 0.461 e. The van der Waals surface area contributed by atoms with Crippen LogP contribution < -0.4 is 0 Å². The zero-order chi connectivity index (χ0) is 19.9. The standard InChI is InChI=1S/C23H21NO4/c1-23(2)13-19(25)22-18(15-6-4-3-5-7-15)12-20(28-21(22)14-23)16-8-10-17(11-9-16)24(26)27/h3-12,18H,13-14H2,1-2H3. The van der Waals surface area contributed by atoms with Crippen molar-refractivity contribution in [1.29, 1.82) is 0 Å². The third-order valence-electron chi connectivity index (χ3n) is 5.26. The van der Waals surface area contributed by atoms with Gasteiger partial charge in [-0.15, -0.1) is 0 Å². The van der Waals surface area contributed by atoms with Gasteiger partial charge in [0.15, 0.2) is 5.78 Å². The number of ketones is 1. The topological polar surface area (TPSA) is 69.4 Å². The van der Waals surface area contributed by atoms with E-state index >= 15 is 0 Å². The highest BCUT2D eigenvalue weighted by molar-refractivity contribution is 6.00. The Kier molecular flexibility index (Phi) is 4.38. The highest BCUT2D eigenvalue weighted by Crippen LogP contribution is 2.47. The van der Waals surface area contributed by atoms with Crippen molar-refractivity contribution >= 4 is 17.2 Å². The summed E-state index contributed by atoms with van der Waals surface area (Å²) in [7, 11) is 0. The van der Waals surface area contributed by atoms with Crippen molar-refractivity contribution in [2.45, 2.75) is 32.6 Å². The van der Waals surface area contributed by atoms with E-state index in [0.29, 0.717) is 24.4 Å². The van der Waals surface area contributed by atoms with Crippen molar-refractivity contribution in [2.24, 2.45) is 5.41 Å². The second-order valence-corrected chi connectivity index (χ2v) is 8.10. The Balaban J connectivity index is 1.79. The smallest absolute Gasteiger partial charge is 0.269 e. The van der Waals surface area contributed by atoms with Crippen LogP contribution in [0.25, 0.3) is 5.76 Å². The van der Waals surface area contributed by atoms with Crippen LogP contribution in [-0.2, 0) is 9.53 Å². The molecular weight excluding hydrogens is 354 g/mol. The highest BCUT2D eigenvalue weighted by atomic mass is 16.6. The van der Waals surface area contributed by atoms with Crippen LogP contribution in [0.4, 0.5) is 5.69 Å². The summed E-state index contributed by atoms with van der Waals surface area (Å²) in [6.07, 6.45) is 3.13. The van der Waals surface area contributed by atoms with E-state index < -0.39 is 4.92 Å². The fraction of sp³-hybridized carbons (Fsp3) is 0.261. The zero-order valence-corrected chi connectivity index (χ0v) is 15.8. The molecule has 0 saturated carbocycles. The monoisotopic (exact) mass is 375 g/mol. The number of hydrogen-bond acceptors (Lipinski definition) is 4. The van der Waals surface area contributed by atoms with Gasteiger partial charge in [0, 0.05) is 42.0 Å². The second kappa shape index (κ2) is 6.75. The SMILES string of the molecule is CC1(C)CC(=O)C2=C(C1)OC(c1ccc([N+](=O)[O-])cc1)=CC2c1ccccc1. The Hall–Kier alpha value is -3.21. The van der Waals surface area contributed by atoms with Crippen LogP contribution in [0, 0.1) is 15.5 Å². The molecule has 0 radical (unpaired) electrons. The number of non-ortho nitro benzene ring substituents is 1. The second-order valence-electron chi connectivity index (χ2n) is 8.10. The van der Waals surface area contributed by atoms with Gasteiger partial charge >= 0.3 is 0 Å². The molecular formula is C23H21NO4. The zero-order valence-electron chi connectivity index (χ0n) is 15.8. The lowest BCUT2D eigenvalue weighted by Crippen LogP contribution is -2.30. The Morgan fingerprint density at radius 2 is 1.71 bits per heavy atom. The van der Waals surface area contributed by atoms with E-state index in [4.69, 9.17) is 4.74 Å². The number of rotatable bonds is 3. The summed E-state index contributed by atoms with van der Waals surface area (Å²) in [5, 5.41) is 10.9. The van der Waals surface area contributed by atoms with Gasteiger partial charge in [-0.3, -0.25) is 14.9 Å². The molecule has 28 heavy (non-hydrogen) atoms. The number of nitro benzene ring substituents is 1. The average molecular weight is 375 g/mol. The normalized spacial score (nSPS) is 20.9. The van der Waals surface area contributed by atoms with E-state index in [-0.39, 0.29) is 22.8 Å². The molecule has 1 aliphatic heterocycles. The molecule has 5 heteroatoms. The molecule has 142 valence electrons. The number of carbonyl (C=O) groups excluding carboxylic acids is 1. The van der Waals surface area contributed by atoms with E-state index in [2.05, 4.69) is 13.8 Å². The molecule has 0 saturated heterocycles. The first-order chi connectivity index (χ1) is 13.3. The van der Waals surface area contributed by atoms with Crippen LogP contribution >= 0.6 is 0 Å². The molecule has 1 aliphatic carbocycles. The Bertz CT molecular complexity index is 1000. The van der Waals surface area contributed by atoms with Gasteiger partial charge in [-0.1, -0.05) is 44.2 Å². The van der Waals surface area contributed by atoms with Crippen LogP contribution in [0.5, 0.6) is 0 Å². The molecule has 1 atom stereocenters. The third kappa shape index (κ3) is 3.36. The van der Waals surface area contributed by atoms with E-state index in [1.54, 1.807) is 12.1 Å². The minimum atomic E-state index is -0.421. The molecule has 1 heterocycles. The first-order valence-corrected chi connectivity index (χ1v) is 9.30. The van der Waals surface area contributed by atoms with Gasteiger partial charge in [0.1, 0.15) is 11.5 Å². The van der Waals surface area contributed by atoms with Crippen molar-refractivity contribution in [1.82, 2.24) is 0 Å². The minimum absolute atomic E-state index is 0.0358. The van der Waals surface area contributed by atoms with Crippen molar-refractivity contribution < 1.29 is 14.5 Å². The Morgan fingerprint density at radius 1 is 1.04 bits per heavy atom. The van der Waals surface area contributed by atoms with Crippen LogP contribution in [0.1, 0.15) is 43.7 Å². The summed E-state index contributed by atoms with van der Waals surface area (Å²) in [5.41, 5.74) is 2.40. The van der Waals surface area contributed by atoms with Gasteiger partial charge in [0.2, 0.25) is 0 Å². The lowest BCUT2D eigenvalue weighted by Gasteiger charge is -2.37. The maximum atomic E-state index is 12.9. The summed E-state index contributed by atoms with van der Waals surface area (Å²) >= 11 is 0. The number of Topliss-reactive ketones (excluding diaryl/α,β-unsaturated/α-hetero) is 1. The van der Waals surface area contributed by atoms with Crippen LogP contribution in [-0.4, -0.2) is 10.7 Å². The highest BCUT2D eigenvalue weighted by Gasteiger charge is 2.40. The van der Waals surface area contributed by atoms with E-state index in [9.17, 15) is 14.9 Å². The molecule has 2 aromatic carbocycles. The van der Waals surface area contributed by atoms with Gasteiger partial charge < -0.3 is 4.74 Å². The number of carbonyl (C=O) groups is 1. The number of allylic oxidation sites excluding steroid dienone is 3. The molecule has 0 fully saturated rings. The van der Waals surface area contributed by atoms with Crippen LogP contribution in [0.2, 0.25) is 0 Å². The fourth-order valence-electron chi connectivity index (χ4n) is 3.94. The van der Waals surface area contributed by atoms with Crippen molar-refractivity contribution in [2.75, 3.05) is 0 Å². The molecule has 0 spiro atoms. The van der Waals surface area contributed by atoms with Gasteiger partial charge in [-0.25, -0.2) is 0 Å². The van der Waals surface area contributed by atoms with Crippen molar-refractivity contribution in [3.63, 3.8) is 0 Å². The molecule has 4 rings (SSSR count). The predicted octanol–water partition coefficient (Wildman–Crippen LogP) is 5.39. The first kappa shape index (κ1) is 18.2. The lowest BCUT2D eigenvalue weighted by molar-refractivity contribution is -0.384. The van der Waals surface area contributed by atoms with E-state index in [0.717, 1.165) is 16.7 Å². The molecule has 1 unspecified atom stereocenters. The number of nitro groups is 1. The molecule has 0 bridgehead atoms. The molecule has 5 nitrogen and oxygen atoms in total. The average Bonchev–Trinajstić information content (AvgIpc) is 2.66. The molecule has 0 N–H and O–H groups in total. The Labute approximate surface area is 163 Å². The summed E-state index contributed by atoms with van der Waals surface area (Å²) in [6, 6.07) is 16.2. The van der Waals surface area contributed by atoms with Gasteiger partial charge in [0.05, 0.1) is 4.92 Å². The third-order valence-corrected chi connectivity index (χ3v) is 5.26. The summed E-state index contributed by atoms with van der Waals surface area (Å²) in [6.45, 7) is 4.14. The fourth-order valence-corrected chi connectivity index (χ4v) is 3.94. The summed E-state index contributed by atoms with van der Waals surface area (Å²) < 4.78 is 6.18. The van der Waals surface area contributed by atoms with Gasteiger partial charge in [-0.2, -0.15) is 0 Å². The van der Waals surface area contributed by atoms with Crippen molar-refractivity contribution in [3.8, 4) is 0 Å². The maximum absolute atomic E-state index is 12.9. The number of benzene rings is 2. The lowest BCUT2D eigenvalue weighted by atomic mass is 9.71. The molecule has 0 amide bonds. The number of ether oxygens (including phenoxy) is 1. The van der Waals surface area contributed by atoms with Gasteiger partial charge in [-0.05, 0) is 29.2 Å².